The van der Waals surface area contributed by atoms with E-state index in [4.69, 9.17) is 9.47 Å². The van der Waals surface area contributed by atoms with E-state index in [0.29, 0.717) is 66.4 Å². The predicted molar refractivity (Wildman–Crippen MR) is 188 cm³/mol. The zero-order chi connectivity index (χ0) is 33.7. The Bertz CT molecular complexity index is 2020. The lowest BCUT2D eigenvalue weighted by atomic mass is 10.0. The fourth-order valence-corrected chi connectivity index (χ4v) is 7.81. The number of morpholine rings is 1. The maximum absolute atomic E-state index is 14.8. The average molecular weight is 700 g/mol. The van der Waals surface area contributed by atoms with Crippen molar-refractivity contribution in [1.29, 1.82) is 0 Å². The van der Waals surface area contributed by atoms with Gasteiger partial charge in [-0.3, -0.25) is 4.90 Å². The first kappa shape index (κ1) is 32.8. The maximum atomic E-state index is 14.8. The molecule has 2 N–H and O–H groups in total. The number of thiazole rings is 2. The molecular weight excluding hydrogens is 666 g/mol. The summed E-state index contributed by atoms with van der Waals surface area (Å²) in [7, 11) is 0. The first-order chi connectivity index (χ1) is 23.9. The van der Waals surface area contributed by atoms with Crippen molar-refractivity contribution in [1.82, 2.24) is 25.1 Å². The van der Waals surface area contributed by atoms with Crippen molar-refractivity contribution in [2.75, 3.05) is 56.2 Å². The van der Waals surface area contributed by atoms with E-state index in [1.54, 1.807) is 23.5 Å². The zero-order valence-corrected chi connectivity index (χ0v) is 28.5. The highest BCUT2D eigenvalue weighted by Gasteiger charge is 2.28. The number of carbonyl (C=O) groups is 1. The van der Waals surface area contributed by atoms with Gasteiger partial charge >= 0.3 is 5.97 Å². The zero-order valence-electron chi connectivity index (χ0n) is 26.9. The van der Waals surface area contributed by atoms with Crippen molar-refractivity contribution in [2.24, 2.45) is 0 Å². The number of nitrogens with zero attached hydrogens (tertiary/aromatic N) is 6. The minimum atomic E-state index is -1.09. The van der Waals surface area contributed by atoms with Gasteiger partial charge in [0.25, 0.3) is 0 Å². The number of carboxylic acid groups (broad SMARTS) is 1. The Kier molecular flexibility index (Phi) is 9.94. The van der Waals surface area contributed by atoms with Crippen LogP contribution >= 0.6 is 22.7 Å². The highest BCUT2D eigenvalue weighted by Crippen LogP contribution is 2.39. The van der Waals surface area contributed by atoms with Gasteiger partial charge in [-0.25, -0.2) is 19.2 Å². The Morgan fingerprint density at radius 3 is 2.80 bits per heavy atom. The number of carboxylic acids is 1. The molecule has 1 saturated heterocycles. The van der Waals surface area contributed by atoms with E-state index < -0.39 is 11.8 Å². The number of aryl methyl sites for hydroxylation is 1. The lowest BCUT2D eigenvalue weighted by molar-refractivity contribution is 0.0443. The van der Waals surface area contributed by atoms with Gasteiger partial charge in [0.1, 0.15) is 0 Å². The number of aromatic nitrogens is 4. The summed E-state index contributed by atoms with van der Waals surface area (Å²) in [4.78, 5) is 26.1. The molecule has 0 aliphatic carbocycles. The van der Waals surface area contributed by atoms with Gasteiger partial charge in [-0.15, -0.1) is 21.5 Å². The van der Waals surface area contributed by atoms with Crippen molar-refractivity contribution in [3.8, 4) is 17.6 Å². The molecule has 0 saturated carbocycles. The van der Waals surface area contributed by atoms with Crippen molar-refractivity contribution in [2.45, 2.75) is 32.6 Å². The van der Waals surface area contributed by atoms with E-state index in [-0.39, 0.29) is 18.1 Å². The number of ether oxygens (including phenoxy) is 2. The van der Waals surface area contributed by atoms with Gasteiger partial charge < -0.3 is 24.8 Å². The number of halogens is 1. The summed E-state index contributed by atoms with van der Waals surface area (Å²) in [5.74, 6) is 6.00. The SMILES string of the molecule is Cc1c(Nc2nc3ccccc3s2)nnc2c1CCCN2c1nc(C(=O)O)c(CCCOc2ccc(C#CCN3CCOCC3)cc2F)s1. The van der Waals surface area contributed by atoms with Crippen LogP contribution in [0.1, 0.15) is 44.9 Å². The molecule has 3 aromatic heterocycles. The Morgan fingerprint density at radius 2 is 1.98 bits per heavy atom. The third-order valence-corrected chi connectivity index (χ3v) is 10.5. The standard InChI is InChI=1S/C35H34FN7O4S2/c1-22-24-8-5-15-43(32(24)41-40-31(22)39-34-37-26-9-2-3-10-28(26)48-34)35-38-30(33(44)45)29(49-35)11-6-18-47-27-13-12-23(21-25(27)36)7-4-14-42-16-19-46-20-17-42/h2-3,9-10,12-13,21H,5-6,8,11,14-20H2,1H3,(H,44,45)(H,37,39,40). The summed E-state index contributed by atoms with van der Waals surface area (Å²) in [5, 5.41) is 23.7. The molecular formula is C35H34FN7O4S2. The molecule has 0 spiro atoms. The van der Waals surface area contributed by atoms with Crippen LogP contribution in [-0.2, 0) is 17.6 Å². The molecule has 2 aliphatic rings. The van der Waals surface area contributed by atoms with Crippen LogP contribution in [0.25, 0.3) is 10.2 Å². The number of rotatable bonds is 10. The molecule has 7 rings (SSSR count). The molecule has 5 aromatic rings. The van der Waals surface area contributed by atoms with Crippen molar-refractivity contribution >= 4 is 60.8 Å². The summed E-state index contributed by atoms with van der Waals surface area (Å²) in [6, 6.07) is 12.7. The summed E-state index contributed by atoms with van der Waals surface area (Å²) in [5.41, 5.74) is 3.54. The smallest absolute Gasteiger partial charge is 0.355 e. The van der Waals surface area contributed by atoms with E-state index in [1.807, 2.05) is 36.1 Å². The molecule has 2 aromatic carbocycles. The monoisotopic (exact) mass is 699 g/mol. The number of benzene rings is 2. The fourth-order valence-electron chi connectivity index (χ4n) is 5.83. The second-order valence-corrected chi connectivity index (χ2v) is 13.8. The van der Waals surface area contributed by atoms with Crippen LogP contribution in [0, 0.1) is 24.6 Å². The van der Waals surface area contributed by atoms with Gasteiger partial charge in [0.05, 0.1) is 36.6 Å². The number of hydrogen-bond acceptors (Lipinski definition) is 12. The Hall–Kier alpha value is -4.68. The molecule has 49 heavy (non-hydrogen) atoms. The first-order valence-electron chi connectivity index (χ1n) is 16.1. The van der Waals surface area contributed by atoms with Crippen LogP contribution in [-0.4, -0.2) is 82.1 Å². The Morgan fingerprint density at radius 1 is 1.12 bits per heavy atom. The minimum Gasteiger partial charge on any atom is -0.491 e. The van der Waals surface area contributed by atoms with E-state index in [9.17, 15) is 14.3 Å². The number of para-hydroxylation sites is 1. The second-order valence-electron chi connectivity index (χ2n) is 11.7. The minimum absolute atomic E-state index is 0.0112. The van der Waals surface area contributed by atoms with Crippen molar-refractivity contribution < 1.29 is 23.8 Å². The molecule has 14 heteroatoms. The van der Waals surface area contributed by atoms with Gasteiger partial charge in [0, 0.05) is 41.2 Å². The normalized spacial score (nSPS) is 14.7. The van der Waals surface area contributed by atoms with E-state index >= 15 is 0 Å². The molecule has 0 radical (unpaired) electrons. The molecule has 0 unspecified atom stereocenters. The topological polar surface area (TPSA) is 126 Å². The molecule has 5 heterocycles. The molecule has 0 bridgehead atoms. The molecule has 11 nitrogen and oxygen atoms in total. The first-order valence-corrected chi connectivity index (χ1v) is 17.8. The number of anilines is 4. The number of aromatic carboxylic acids is 1. The number of hydrogen-bond donors (Lipinski definition) is 2. The third-order valence-electron chi connectivity index (χ3n) is 8.40. The van der Waals surface area contributed by atoms with Crippen LogP contribution in [0.2, 0.25) is 0 Å². The summed E-state index contributed by atoms with van der Waals surface area (Å²) >= 11 is 2.89. The summed E-state index contributed by atoms with van der Waals surface area (Å²) in [6.07, 6.45) is 2.58. The van der Waals surface area contributed by atoms with Gasteiger partial charge in [0.15, 0.2) is 39.2 Å². The van der Waals surface area contributed by atoms with Crippen LogP contribution in [0.3, 0.4) is 0 Å². The molecule has 2 aliphatic heterocycles. The third kappa shape index (κ3) is 7.50. The van der Waals surface area contributed by atoms with Crippen molar-refractivity contribution in [3.05, 3.63) is 75.5 Å². The van der Waals surface area contributed by atoms with Crippen LogP contribution in [0.4, 0.5) is 26.3 Å². The van der Waals surface area contributed by atoms with Gasteiger partial charge in [0.2, 0.25) is 0 Å². The average Bonchev–Trinajstić information content (AvgIpc) is 3.73. The lowest BCUT2D eigenvalue weighted by Gasteiger charge is -2.28. The van der Waals surface area contributed by atoms with Crippen LogP contribution < -0.4 is 15.0 Å². The quantitative estimate of drug-likeness (QED) is 0.128. The second kappa shape index (κ2) is 14.8. The van der Waals surface area contributed by atoms with E-state index in [1.165, 1.54) is 17.4 Å². The van der Waals surface area contributed by atoms with E-state index in [2.05, 4.69) is 42.2 Å². The highest BCUT2D eigenvalue weighted by atomic mass is 32.1. The molecule has 252 valence electrons. The van der Waals surface area contributed by atoms with Gasteiger partial charge in [-0.05, 0) is 62.9 Å². The Labute approximate surface area is 290 Å². The number of fused-ring (bicyclic) bond motifs is 2. The highest BCUT2D eigenvalue weighted by molar-refractivity contribution is 7.22. The van der Waals surface area contributed by atoms with Crippen LogP contribution in [0.15, 0.2) is 42.5 Å². The van der Waals surface area contributed by atoms with Crippen LogP contribution in [0.5, 0.6) is 5.75 Å². The summed E-state index contributed by atoms with van der Waals surface area (Å²) < 4.78 is 26.9. The van der Waals surface area contributed by atoms with E-state index in [0.717, 1.165) is 52.4 Å². The molecule has 1 fully saturated rings. The molecule has 0 amide bonds. The van der Waals surface area contributed by atoms with Gasteiger partial charge in [-0.1, -0.05) is 35.3 Å². The Balaban J connectivity index is 0.991. The predicted octanol–water partition coefficient (Wildman–Crippen LogP) is 6.21. The molecule has 0 atom stereocenters. The number of nitrogens with one attached hydrogen (secondary N) is 1. The fraction of sp³-hybridized carbons (Fsp3) is 0.343. The largest absolute Gasteiger partial charge is 0.491 e. The van der Waals surface area contributed by atoms with Crippen molar-refractivity contribution in [3.63, 3.8) is 0 Å². The summed E-state index contributed by atoms with van der Waals surface area (Å²) in [6.45, 7) is 6.59. The maximum Gasteiger partial charge on any atom is 0.355 e. The van der Waals surface area contributed by atoms with Gasteiger partial charge in [-0.2, -0.15) is 0 Å². The lowest BCUT2D eigenvalue weighted by Crippen LogP contribution is -2.36.